The largest absolute Gasteiger partial charge is 0.489 e. The zero-order chi connectivity index (χ0) is 18.8. The summed E-state index contributed by atoms with van der Waals surface area (Å²) >= 11 is 12.3. The molecule has 1 heterocycles. The molecule has 0 N–H and O–H groups in total. The number of halogens is 2. The summed E-state index contributed by atoms with van der Waals surface area (Å²) < 4.78 is 11.3. The fraction of sp³-hybridized carbons (Fsp3) is 0.0455. The molecular weight excluding hydrogens is 383 g/mol. The quantitative estimate of drug-likeness (QED) is 0.377. The average molecular weight is 397 g/mol. The maximum absolute atomic E-state index is 12.4. The molecule has 0 aliphatic carbocycles. The minimum atomic E-state index is -0.389. The van der Waals surface area contributed by atoms with E-state index in [0.717, 1.165) is 10.9 Å². The molecule has 0 saturated carbocycles. The van der Waals surface area contributed by atoms with Gasteiger partial charge in [-0.05, 0) is 35.9 Å². The van der Waals surface area contributed by atoms with Crippen LogP contribution in [0.25, 0.3) is 22.1 Å². The molecule has 0 aliphatic rings. The van der Waals surface area contributed by atoms with Crippen LogP contribution in [0.2, 0.25) is 10.0 Å². The van der Waals surface area contributed by atoms with Gasteiger partial charge in [0.1, 0.15) is 17.9 Å². The van der Waals surface area contributed by atoms with Crippen molar-refractivity contribution in [3.05, 3.63) is 98.8 Å². The smallest absolute Gasteiger partial charge is 0.344 e. The molecule has 3 nitrogen and oxygen atoms in total. The van der Waals surface area contributed by atoms with Gasteiger partial charge in [0.2, 0.25) is 0 Å². The van der Waals surface area contributed by atoms with Gasteiger partial charge in [-0.25, -0.2) is 4.79 Å². The number of benzene rings is 3. The van der Waals surface area contributed by atoms with Crippen molar-refractivity contribution < 1.29 is 9.15 Å². The van der Waals surface area contributed by atoms with Crippen LogP contribution < -0.4 is 10.4 Å². The first-order valence-electron chi connectivity index (χ1n) is 8.31. The standard InChI is InChI=1S/C22H14Cl2O3/c23-19-7-4-8-20(24)18(19)13-26-16-10-9-15-11-17(14-5-2-1-3-6-14)22(25)27-21(15)12-16/h1-12H,13H2. The number of fused-ring (bicyclic) bond motifs is 1. The predicted molar refractivity (Wildman–Crippen MR) is 109 cm³/mol. The van der Waals surface area contributed by atoms with E-state index in [1.54, 1.807) is 24.3 Å². The Labute approximate surface area is 165 Å². The zero-order valence-electron chi connectivity index (χ0n) is 14.1. The van der Waals surface area contributed by atoms with E-state index in [4.69, 9.17) is 32.4 Å². The van der Waals surface area contributed by atoms with Gasteiger partial charge in [0.15, 0.2) is 0 Å². The Morgan fingerprint density at radius 2 is 1.59 bits per heavy atom. The second-order valence-electron chi connectivity index (χ2n) is 6.00. The van der Waals surface area contributed by atoms with Crippen LogP contribution in [0.1, 0.15) is 5.56 Å². The van der Waals surface area contributed by atoms with Crippen LogP contribution in [0.3, 0.4) is 0 Å². The van der Waals surface area contributed by atoms with Crippen LogP contribution in [0, 0.1) is 0 Å². The van der Waals surface area contributed by atoms with Crippen molar-refractivity contribution in [2.45, 2.75) is 6.61 Å². The van der Waals surface area contributed by atoms with Gasteiger partial charge in [-0.3, -0.25) is 0 Å². The van der Waals surface area contributed by atoms with E-state index in [-0.39, 0.29) is 12.2 Å². The summed E-state index contributed by atoms with van der Waals surface area (Å²) in [5, 5.41) is 1.90. The second-order valence-corrected chi connectivity index (χ2v) is 6.82. The lowest BCUT2D eigenvalue weighted by Crippen LogP contribution is -2.03. The van der Waals surface area contributed by atoms with Crippen molar-refractivity contribution in [1.82, 2.24) is 0 Å². The minimum Gasteiger partial charge on any atom is -0.489 e. The Hall–Kier alpha value is -2.75. The molecule has 0 aliphatic heterocycles. The minimum absolute atomic E-state index is 0.219. The van der Waals surface area contributed by atoms with E-state index in [0.29, 0.717) is 32.5 Å². The average Bonchev–Trinajstić information content (AvgIpc) is 2.67. The third-order valence-electron chi connectivity index (χ3n) is 4.24. The molecule has 134 valence electrons. The molecule has 5 heteroatoms. The normalized spacial score (nSPS) is 10.9. The molecule has 0 saturated heterocycles. The first-order valence-corrected chi connectivity index (χ1v) is 9.06. The Morgan fingerprint density at radius 1 is 0.852 bits per heavy atom. The van der Waals surface area contributed by atoms with Crippen molar-refractivity contribution in [3.8, 4) is 16.9 Å². The van der Waals surface area contributed by atoms with Gasteiger partial charge in [0, 0.05) is 27.1 Å². The van der Waals surface area contributed by atoms with Gasteiger partial charge in [-0.1, -0.05) is 59.6 Å². The third-order valence-corrected chi connectivity index (χ3v) is 4.95. The van der Waals surface area contributed by atoms with E-state index >= 15 is 0 Å². The molecule has 0 atom stereocenters. The molecule has 0 amide bonds. The summed E-state index contributed by atoms with van der Waals surface area (Å²) in [5.41, 5.74) is 2.13. The molecule has 0 unspecified atom stereocenters. The molecular formula is C22H14Cl2O3. The highest BCUT2D eigenvalue weighted by Crippen LogP contribution is 2.28. The SMILES string of the molecule is O=c1oc2cc(OCc3c(Cl)cccc3Cl)ccc2cc1-c1ccccc1. The van der Waals surface area contributed by atoms with Crippen molar-refractivity contribution in [1.29, 1.82) is 0 Å². The molecule has 4 aromatic rings. The topological polar surface area (TPSA) is 39.4 Å². The first kappa shape index (κ1) is 17.7. The van der Waals surface area contributed by atoms with Gasteiger partial charge < -0.3 is 9.15 Å². The van der Waals surface area contributed by atoms with Gasteiger partial charge in [-0.15, -0.1) is 0 Å². The number of hydrogen-bond donors (Lipinski definition) is 0. The number of ether oxygens (including phenoxy) is 1. The maximum Gasteiger partial charge on any atom is 0.344 e. The Kier molecular flexibility index (Phi) is 4.88. The fourth-order valence-corrected chi connectivity index (χ4v) is 3.33. The van der Waals surface area contributed by atoms with Gasteiger partial charge in [-0.2, -0.15) is 0 Å². The third kappa shape index (κ3) is 3.70. The highest BCUT2D eigenvalue weighted by atomic mass is 35.5. The summed E-state index contributed by atoms with van der Waals surface area (Å²) in [7, 11) is 0. The number of rotatable bonds is 4. The summed E-state index contributed by atoms with van der Waals surface area (Å²) in [4.78, 5) is 12.4. The predicted octanol–water partition coefficient (Wildman–Crippen LogP) is 6.35. The molecule has 4 rings (SSSR count). The van der Waals surface area contributed by atoms with Crippen LogP contribution in [-0.4, -0.2) is 0 Å². The molecule has 3 aromatic carbocycles. The monoisotopic (exact) mass is 396 g/mol. The highest BCUT2D eigenvalue weighted by molar-refractivity contribution is 6.35. The van der Waals surface area contributed by atoms with Gasteiger partial charge in [0.25, 0.3) is 0 Å². The van der Waals surface area contributed by atoms with Gasteiger partial charge in [0.05, 0.1) is 5.56 Å². The fourth-order valence-electron chi connectivity index (χ4n) is 2.83. The second kappa shape index (κ2) is 7.47. The van der Waals surface area contributed by atoms with E-state index in [9.17, 15) is 4.79 Å². The van der Waals surface area contributed by atoms with Crippen molar-refractivity contribution in [3.63, 3.8) is 0 Å². The Morgan fingerprint density at radius 3 is 2.33 bits per heavy atom. The lowest BCUT2D eigenvalue weighted by Gasteiger charge is -2.10. The summed E-state index contributed by atoms with van der Waals surface area (Å²) in [6, 6.07) is 21.9. The van der Waals surface area contributed by atoms with Crippen molar-refractivity contribution in [2.24, 2.45) is 0 Å². The van der Waals surface area contributed by atoms with Crippen LogP contribution in [0.4, 0.5) is 0 Å². The Bertz CT molecular complexity index is 1150. The zero-order valence-corrected chi connectivity index (χ0v) is 15.6. The van der Waals surface area contributed by atoms with Crippen LogP contribution in [-0.2, 0) is 6.61 Å². The highest BCUT2D eigenvalue weighted by Gasteiger charge is 2.10. The van der Waals surface area contributed by atoms with E-state index in [1.807, 2.05) is 48.5 Å². The number of hydrogen-bond acceptors (Lipinski definition) is 3. The molecule has 1 aromatic heterocycles. The van der Waals surface area contributed by atoms with E-state index in [2.05, 4.69) is 0 Å². The summed E-state index contributed by atoms with van der Waals surface area (Å²) in [6.45, 7) is 0.219. The molecule has 0 bridgehead atoms. The Balaban J connectivity index is 1.64. The van der Waals surface area contributed by atoms with E-state index in [1.165, 1.54) is 0 Å². The summed E-state index contributed by atoms with van der Waals surface area (Å²) in [6.07, 6.45) is 0. The lowest BCUT2D eigenvalue weighted by molar-refractivity contribution is 0.306. The van der Waals surface area contributed by atoms with Gasteiger partial charge >= 0.3 is 5.63 Å². The van der Waals surface area contributed by atoms with Crippen molar-refractivity contribution in [2.75, 3.05) is 0 Å². The van der Waals surface area contributed by atoms with Crippen LogP contribution in [0.15, 0.2) is 82.0 Å². The van der Waals surface area contributed by atoms with Crippen molar-refractivity contribution >= 4 is 34.2 Å². The molecule has 27 heavy (non-hydrogen) atoms. The molecule has 0 radical (unpaired) electrons. The summed E-state index contributed by atoms with van der Waals surface area (Å²) in [5.74, 6) is 0.564. The maximum atomic E-state index is 12.4. The van der Waals surface area contributed by atoms with Crippen LogP contribution in [0.5, 0.6) is 5.75 Å². The first-order chi connectivity index (χ1) is 13.1. The van der Waals surface area contributed by atoms with E-state index < -0.39 is 0 Å². The molecule has 0 spiro atoms. The molecule has 0 fully saturated rings. The lowest BCUT2D eigenvalue weighted by atomic mass is 10.1. The van der Waals surface area contributed by atoms with Crippen LogP contribution >= 0.6 is 23.2 Å².